The Balaban J connectivity index is 2.08. The first-order valence-corrected chi connectivity index (χ1v) is 7.46. The first kappa shape index (κ1) is 15.4. The Bertz CT molecular complexity index is 424. The number of nitrogens with zero attached hydrogens (tertiary/aromatic N) is 2. The van der Waals surface area contributed by atoms with Crippen molar-refractivity contribution in [3.8, 4) is 0 Å². The summed E-state index contributed by atoms with van der Waals surface area (Å²) in [5.41, 5.74) is 0.764. The minimum Gasteiger partial charge on any atom is -0.312 e. The van der Waals surface area contributed by atoms with E-state index in [0.717, 1.165) is 31.7 Å². The molecule has 1 heterocycles. The molecule has 0 aromatic heterocycles. The van der Waals surface area contributed by atoms with Gasteiger partial charge in [-0.1, -0.05) is 18.2 Å². The second-order valence-corrected chi connectivity index (χ2v) is 5.82. The summed E-state index contributed by atoms with van der Waals surface area (Å²) in [7, 11) is 4.08. The van der Waals surface area contributed by atoms with E-state index >= 15 is 0 Å². The van der Waals surface area contributed by atoms with E-state index in [1.54, 1.807) is 12.1 Å². The molecule has 3 nitrogen and oxygen atoms in total. The molecule has 1 fully saturated rings. The van der Waals surface area contributed by atoms with Gasteiger partial charge in [0.1, 0.15) is 5.82 Å². The van der Waals surface area contributed by atoms with Crippen LogP contribution in [0.4, 0.5) is 4.39 Å². The van der Waals surface area contributed by atoms with Crippen molar-refractivity contribution in [1.29, 1.82) is 0 Å². The maximum Gasteiger partial charge on any atom is 0.128 e. The standard InChI is InChI=1S/C16H26FN3/c1-13-11-19(3)9-6-10-20(13)12-16(18-2)14-7-4-5-8-15(14)17/h4-5,7-8,13,16,18H,6,9-12H2,1-3H3. The molecule has 1 aliphatic rings. The van der Waals surface area contributed by atoms with Gasteiger partial charge in [-0.2, -0.15) is 0 Å². The van der Waals surface area contributed by atoms with Gasteiger partial charge in [0.15, 0.2) is 0 Å². The fourth-order valence-corrected chi connectivity index (χ4v) is 3.03. The lowest BCUT2D eigenvalue weighted by molar-refractivity contribution is 0.184. The van der Waals surface area contributed by atoms with Crippen LogP contribution in [0.5, 0.6) is 0 Å². The molecule has 2 atom stereocenters. The molecular formula is C16H26FN3. The zero-order valence-electron chi connectivity index (χ0n) is 12.8. The van der Waals surface area contributed by atoms with Gasteiger partial charge in [0.2, 0.25) is 0 Å². The maximum absolute atomic E-state index is 14.0. The van der Waals surface area contributed by atoms with Gasteiger partial charge >= 0.3 is 0 Å². The quantitative estimate of drug-likeness (QED) is 0.911. The van der Waals surface area contributed by atoms with Crippen molar-refractivity contribution in [2.75, 3.05) is 40.3 Å². The van der Waals surface area contributed by atoms with Gasteiger partial charge in [0.25, 0.3) is 0 Å². The molecule has 0 radical (unpaired) electrons. The van der Waals surface area contributed by atoms with E-state index in [9.17, 15) is 4.39 Å². The van der Waals surface area contributed by atoms with E-state index < -0.39 is 0 Å². The average molecular weight is 279 g/mol. The second kappa shape index (κ2) is 7.16. The molecule has 1 N–H and O–H groups in total. The third-order valence-corrected chi connectivity index (χ3v) is 4.23. The first-order chi connectivity index (χ1) is 9.61. The molecular weight excluding hydrogens is 253 g/mol. The lowest BCUT2D eigenvalue weighted by Gasteiger charge is -2.31. The van der Waals surface area contributed by atoms with Crippen molar-refractivity contribution in [2.24, 2.45) is 0 Å². The summed E-state index contributed by atoms with van der Waals surface area (Å²) >= 11 is 0. The first-order valence-electron chi connectivity index (χ1n) is 7.46. The van der Waals surface area contributed by atoms with Gasteiger partial charge in [-0.15, -0.1) is 0 Å². The summed E-state index contributed by atoms with van der Waals surface area (Å²) in [6, 6.07) is 7.62. The van der Waals surface area contributed by atoms with Gasteiger partial charge in [-0.25, -0.2) is 4.39 Å². The lowest BCUT2D eigenvalue weighted by Crippen LogP contribution is -2.42. The fraction of sp³-hybridized carbons (Fsp3) is 0.625. The molecule has 112 valence electrons. The van der Waals surface area contributed by atoms with Crippen LogP contribution in [-0.4, -0.2) is 56.1 Å². The zero-order chi connectivity index (χ0) is 14.5. The van der Waals surface area contributed by atoms with E-state index in [1.807, 2.05) is 19.2 Å². The maximum atomic E-state index is 14.0. The number of hydrogen-bond donors (Lipinski definition) is 1. The van der Waals surface area contributed by atoms with Crippen molar-refractivity contribution < 1.29 is 4.39 Å². The molecule has 0 spiro atoms. The SMILES string of the molecule is CNC(CN1CCCN(C)CC1C)c1ccccc1F. The molecule has 20 heavy (non-hydrogen) atoms. The minimum absolute atomic E-state index is 0.0436. The van der Waals surface area contributed by atoms with Gasteiger partial charge in [0, 0.05) is 30.7 Å². The Morgan fingerprint density at radius 3 is 2.80 bits per heavy atom. The number of benzene rings is 1. The van der Waals surface area contributed by atoms with Crippen molar-refractivity contribution in [3.63, 3.8) is 0 Å². The van der Waals surface area contributed by atoms with Gasteiger partial charge in [0.05, 0.1) is 0 Å². The summed E-state index contributed by atoms with van der Waals surface area (Å²) in [6.45, 7) is 6.42. The number of hydrogen-bond acceptors (Lipinski definition) is 3. The van der Waals surface area contributed by atoms with Crippen LogP contribution in [0, 0.1) is 5.82 Å². The molecule has 1 aromatic rings. The lowest BCUT2D eigenvalue weighted by atomic mass is 10.0. The predicted molar refractivity (Wildman–Crippen MR) is 81.3 cm³/mol. The largest absolute Gasteiger partial charge is 0.312 e. The Hall–Kier alpha value is -0.970. The van der Waals surface area contributed by atoms with Crippen LogP contribution < -0.4 is 5.32 Å². The molecule has 0 aliphatic carbocycles. The van der Waals surface area contributed by atoms with Crippen LogP contribution >= 0.6 is 0 Å². The Kier molecular flexibility index (Phi) is 5.52. The summed E-state index contributed by atoms with van der Waals surface area (Å²) in [6.07, 6.45) is 1.18. The van der Waals surface area contributed by atoms with Crippen LogP contribution in [0.2, 0.25) is 0 Å². The van der Waals surface area contributed by atoms with E-state index in [1.165, 1.54) is 6.42 Å². The van der Waals surface area contributed by atoms with E-state index in [0.29, 0.717) is 6.04 Å². The van der Waals surface area contributed by atoms with E-state index in [-0.39, 0.29) is 11.9 Å². The fourth-order valence-electron chi connectivity index (χ4n) is 3.03. The highest BCUT2D eigenvalue weighted by Crippen LogP contribution is 2.20. The van der Waals surface area contributed by atoms with Crippen molar-refractivity contribution >= 4 is 0 Å². The van der Waals surface area contributed by atoms with Crippen molar-refractivity contribution in [2.45, 2.75) is 25.4 Å². The van der Waals surface area contributed by atoms with Crippen LogP contribution in [-0.2, 0) is 0 Å². The molecule has 0 saturated carbocycles. The van der Waals surface area contributed by atoms with Gasteiger partial charge in [-0.3, -0.25) is 4.90 Å². The molecule has 0 amide bonds. The predicted octanol–water partition coefficient (Wildman–Crippen LogP) is 2.11. The van der Waals surface area contributed by atoms with Gasteiger partial charge < -0.3 is 10.2 Å². The Morgan fingerprint density at radius 1 is 1.35 bits per heavy atom. The zero-order valence-corrected chi connectivity index (χ0v) is 12.8. The van der Waals surface area contributed by atoms with Crippen LogP contribution in [0.3, 0.4) is 0 Å². The van der Waals surface area contributed by atoms with Crippen molar-refractivity contribution in [3.05, 3.63) is 35.6 Å². The van der Waals surface area contributed by atoms with Crippen LogP contribution in [0.1, 0.15) is 24.9 Å². The molecule has 1 saturated heterocycles. The highest BCUT2D eigenvalue weighted by atomic mass is 19.1. The highest BCUT2D eigenvalue weighted by Gasteiger charge is 2.23. The normalized spacial score (nSPS) is 23.5. The topological polar surface area (TPSA) is 18.5 Å². The van der Waals surface area contributed by atoms with Crippen LogP contribution in [0.25, 0.3) is 0 Å². The number of nitrogens with one attached hydrogen (secondary N) is 1. The summed E-state index contributed by atoms with van der Waals surface area (Å²) in [5.74, 6) is -0.119. The molecule has 4 heteroatoms. The number of halogens is 1. The summed E-state index contributed by atoms with van der Waals surface area (Å²) in [4.78, 5) is 4.85. The molecule has 2 unspecified atom stereocenters. The molecule has 0 bridgehead atoms. The third kappa shape index (κ3) is 3.78. The third-order valence-electron chi connectivity index (χ3n) is 4.23. The summed E-state index contributed by atoms with van der Waals surface area (Å²) < 4.78 is 14.0. The Labute approximate surface area is 121 Å². The number of likely N-dealkylation sites (N-methyl/N-ethyl adjacent to an activating group) is 2. The molecule has 2 rings (SSSR count). The monoisotopic (exact) mass is 279 g/mol. The van der Waals surface area contributed by atoms with Gasteiger partial charge in [-0.05, 0) is 46.6 Å². The number of rotatable bonds is 4. The smallest absolute Gasteiger partial charge is 0.128 e. The van der Waals surface area contributed by atoms with E-state index in [2.05, 4.69) is 29.1 Å². The Morgan fingerprint density at radius 2 is 2.10 bits per heavy atom. The highest BCUT2D eigenvalue weighted by molar-refractivity contribution is 5.21. The molecule has 1 aliphatic heterocycles. The van der Waals surface area contributed by atoms with Crippen LogP contribution in [0.15, 0.2) is 24.3 Å². The molecule has 1 aromatic carbocycles. The average Bonchev–Trinajstić information content (AvgIpc) is 2.58. The summed E-state index contributed by atoms with van der Waals surface area (Å²) in [5, 5.41) is 3.26. The van der Waals surface area contributed by atoms with E-state index in [4.69, 9.17) is 0 Å². The minimum atomic E-state index is -0.119. The van der Waals surface area contributed by atoms with Crippen molar-refractivity contribution in [1.82, 2.24) is 15.1 Å². The second-order valence-electron chi connectivity index (χ2n) is 5.82.